The fourth-order valence-electron chi connectivity index (χ4n) is 7.50. The molecule has 0 bridgehead atoms. The maximum Gasteiger partial charge on any atom is 0.305 e. The fourth-order valence-corrected chi connectivity index (χ4v) is 7.50. The molecule has 0 saturated carbocycles. The second-order valence-corrected chi connectivity index (χ2v) is 16.1. The van der Waals surface area contributed by atoms with E-state index < -0.39 is 6.29 Å². The fraction of sp³-hybridized carbons (Fsp3) is 0.978. The van der Waals surface area contributed by atoms with Gasteiger partial charge in [0.05, 0.1) is 19.3 Å². The molecule has 0 rings (SSSR count). The van der Waals surface area contributed by atoms with Crippen LogP contribution in [0.1, 0.15) is 240 Å². The molecule has 0 radical (unpaired) electrons. The predicted octanol–water partition coefficient (Wildman–Crippen LogP) is 13.1. The van der Waals surface area contributed by atoms with Gasteiger partial charge >= 0.3 is 5.97 Å². The molecule has 0 aliphatic rings. The van der Waals surface area contributed by atoms with E-state index >= 15 is 0 Å². The van der Waals surface area contributed by atoms with E-state index in [4.69, 9.17) is 9.47 Å². The zero-order chi connectivity index (χ0) is 38.2. The van der Waals surface area contributed by atoms with Gasteiger partial charge in [0, 0.05) is 13.0 Å². The number of hydrogen-bond acceptors (Lipinski definition) is 6. The largest absolute Gasteiger partial charge is 0.466 e. The Morgan fingerprint density at radius 3 is 1.44 bits per heavy atom. The van der Waals surface area contributed by atoms with E-state index in [-0.39, 0.29) is 18.7 Å². The summed E-state index contributed by atoms with van der Waals surface area (Å²) in [5.74, 6) is 0.690. The van der Waals surface area contributed by atoms with E-state index in [0.717, 1.165) is 90.3 Å². The highest BCUT2D eigenvalue weighted by molar-refractivity contribution is 5.69. The Balaban J connectivity index is 4.03. The van der Waals surface area contributed by atoms with Crippen LogP contribution in [0.25, 0.3) is 0 Å². The molecule has 0 spiro atoms. The van der Waals surface area contributed by atoms with E-state index in [9.17, 15) is 15.0 Å². The van der Waals surface area contributed by atoms with Gasteiger partial charge in [0.1, 0.15) is 0 Å². The van der Waals surface area contributed by atoms with Crippen LogP contribution in [-0.2, 0) is 14.3 Å². The van der Waals surface area contributed by atoms with Crippen LogP contribution in [-0.4, -0.2) is 66.3 Å². The van der Waals surface area contributed by atoms with Crippen molar-refractivity contribution in [1.82, 2.24) is 4.90 Å². The van der Waals surface area contributed by atoms with Crippen molar-refractivity contribution in [2.75, 3.05) is 32.8 Å². The molecule has 312 valence electrons. The lowest BCUT2D eigenvalue weighted by Crippen LogP contribution is -2.29. The average Bonchev–Trinajstić information content (AvgIpc) is 3.14. The number of unbranched alkanes of at least 4 members (excludes halogenated alkanes) is 20. The maximum absolute atomic E-state index is 12.2. The van der Waals surface area contributed by atoms with Crippen LogP contribution in [0.4, 0.5) is 0 Å². The van der Waals surface area contributed by atoms with Gasteiger partial charge in [-0.1, -0.05) is 182 Å². The van der Waals surface area contributed by atoms with Gasteiger partial charge in [-0.2, -0.15) is 0 Å². The van der Waals surface area contributed by atoms with Crippen LogP contribution in [0.15, 0.2) is 0 Å². The third-order valence-corrected chi connectivity index (χ3v) is 11.0. The Kier molecular flexibility index (Phi) is 40.9. The number of carbonyl (C=O) groups is 1. The van der Waals surface area contributed by atoms with Gasteiger partial charge in [-0.15, -0.1) is 0 Å². The van der Waals surface area contributed by atoms with Crippen molar-refractivity contribution in [3.63, 3.8) is 0 Å². The minimum Gasteiger partial charge on any atom is -0.466 e. The number of carbonyl (C=O) groups excluding carboxylic acids is 1. The van der Waals surface area contributed by atoms with Crippen LogP contribution in [0.3, 0.4) is 0 Å². The molecule has 0 heterocycles. The molecule has 6 heteroatoms. The second kappa shape index (κ2) is 41.5. The summed E-state index contributed by atoms with van der Waals surface area (Å²) in [4.78, 5) is 14.6. The summed E-state index contributed by atoms with van der Waals surface area (Å²) in [6.45, 7) is 12.7. The third-order valence-electron chi connectivity index (χ3n) is 11.0. The molecular weight excluding hydrogens is 647 g/mol. The van der Waals surface area contributed by atoms with Crippen LogP contribution in [0.5, 0.6) is 0 Å². The van der Waals surface area contributed by atoms with E-state index in [1.165, 1.54) is 135 Å². The minimum absolute atomic E-state index is 0.0189. The topological polar surface area (TPSA) is 79.2 Å². The summed E-state index contributed by atoms with van der Waals surface area (Å²) in [5, 5.41) is 20.3. The number of nitrogens with zero attached hydrogens (tertiary/aromatic N) is 1. The molecule has 0 saturated heterocycles. The van der Waals surface area contributed by atoms with Crippen molar-refractivity contribution in [2.45, 2.75) is 252 Å². The SMILES string of the molecule is CCCCCCCCC(CCCCCCCC)OC(O)CCCCCCCN(CCO)CCCCCCCC(=O)OCCC(CCCC)CCCC. The molecule has 0 aromatic rings. The van der Waals surface area contributed by atoms with Gasteiger partial charge in [-0.05, 0) is 70.4 Å². The Bertz CT molecular complexity index is 682. The van der Waals surface area contributed by atoms with Crippen LogP contribution >= 0.6 is 0 Å². The molecule has 1 unspecified atom stereocenters. The molecule has 0 aliphatic carbocycles. The molecule has 0 fully saturated rings. The summed E-state index contributed by atoms with van der Waals surface area (Å²) < 4.78 is 11.8. The molecule has 0 aliphatic heterocycles. The Hall–Kier alpha value is -0.690. The summed E-state index contributed by atoms with van der Waals surface area (Å²) in [5.41, 5.74) is 0. The predicted molar refractivity (Wildman–Crippen MR) is 224 cm³/mol. The lowest BCUT2D eigenvalue weighted by atomic mass is 9.93. The standard InChI is InChI=1S/C46H93NO5/c1-5-9-13-15-19-25-33-44(34-26-20-16-14-10-6-2)52-46(50)36-28-22-18-24-30-39-47(40-41-48)38-29-23-17-21-27-35-45(49)51-42-37-43(31-11-7-3)32-12-8-4/h43-44,46,48,50H,5-42H2,1-4H3. The quantitative estimate of drug-likeness (QED) is 0.0368. The van der Waals surface area contributed by atoms with Gasteiger partial charge < -0.3 is 24.6 Å². The first-order valence-corrected chi connectivity index (χ1v) is 23.3. The summed E-state index contributed by atoms with van der Waals surface area (Å²) >= 11 is 0. The monoisotopic (exact) mass is 740 g/mol. The molecule has 6 nitrogen and oxygen atoms in total. The summed E-state index contributed by atoms with van der Waals surface area (Å²) in [6.07, 6.45) is 38.6. The van der Waals surface area contributed by atoms with E-state index in [2.05, 4.69) is 32.6 Å². The molecule has 0 amide bonds. The van der Waals surface area contributed by atoms with Crippen molar-refractivity contribution in [3.8, 4) is 0 Å². The Morgan fingerprint density at radius 1 is 0.500 bits per heavy atom. The van der Waals surface area contributed by atoms with Crippen LogP contribution < -0.4 is 0 Å². The zero-order valence-electron chi connectivity index (χ0n) is 35.7. The van der Waals surface area contributed by atoms with E-state index in [0.29, 0.717) is 18.9 Å². The first-order chi connectivity index (χ1) is 25.5. The molecular formula is C46H93NO5. The Labute approximate surface area is 325 Å². The highest BCUT2D eigenvalue weighted by Gasteiger charge is 2.15. The third kappa shape index (κ3) is 36.3. The first kappa shape index (κ1) is 51.3. The molecule has 2 N–H and O–H groups in total. The number of rotatable bonds is 43. The lowest BCUT2D eigenvalue weighted by molar-refractivity contribution is -0.144. The van der Waals surface area contributed by atoms with Crippen molar-refractivity contribution >= 4 is 5.97 Å². The highest BCUT2D eigenvalue weighted by atomic mass is 16.6. The van der Waals surface area contributed by atoms with Gasteiger partial charge in [0.25, 0.3) is 0 Å². The van der Waals surface area contributed by atoms with Crippen molar-refractivity contribution in [2.24, 2.45) is 5.92 Å². The number of hydrogen-bond donors (Lipinski definition) is 2. The van der Waals surface area contributed by atoms with Gasteiger partial charge in [0.2, 0.25) is 0 Å². The van der Waals surface area contributed by atoms with Crippen molar-refractivity contribution in [1.29, 1.82) is 0 Å². The van der Waals surface area contributed by atoms with Crippen molar-refractivity contribution < 1.29 is 24.5 Å². The van der Waals surface area contributed by atoms with E-state index in [1.807, 2.05) is 0 Å². The molecule has 1 atom stereocenters. The zero-order valence-corrected chi connectivity index (χ0v) is 35.7. The van der Waals surface area contributed by atoms with Gasteiger partial charge in [0.15, 0.2) is 6.29 Å². The maximum atomic E-state index is 12.2. The van der Waals surface area contributed by atoms with Crippen LogP contribution in [0, 0.1) is 5.92 Å². The average molecular weight is 740 g/mol. The van der Waals surface area contributed by atoms with E-state index in [1.54, 1.807) is 0 Å². The minimum atomic E-state index is -0.618. The molecule has 52 heavy (non-hydrogen) atoms. The first-order valence-electron chi connectivity index (χ1n) is 23.3. The lowest BCUT2D eigenvalue weighted by Gasteiger charge is -2.22. The smallest absolute Gasteiger partial charge is 0.305 e. The molecule has 0 aromatic heterocycles. The number of aliphatic hydroxyl groups excluding tert-OH is 2. The summed E-state index contributed by atoms with van der Waals surface area (Å²) in [6, 6.07) is 0. The number of aliphatic hydroxyl groups is 2. The second-order valence-electron chi connectivity index (χ2n) is 16.1. The molecule has 0 aromatic carbocycles. The normalized spacial score (nSPS) is 12.5. The van der Waals surface area contributed by atoms with Crippen molar-refractivity contribution in [3.05, 3.63) is 0 Å². The summed E-state index contributed by atoms with van der Waals surface area (Å²) in [7, 11) is 0. The Morgan fingerprint density at radius 2 is 0.942 bits per heavy atom. The number of ether oxygens (including phenoxy) is 2. The van der Waals surface area contributed by atoms with Crippen LogP contribution in [0.2, 0.25) is 0 Å². The van der Waals surface area contributed by atoms with Gasteiger partial charge in [-0.25, -0.2) is 0 Å². The number of esters is 1. The highest BCUT2D eigenvalue weighted by Crippen LogP contribution is 2.21. The van der Waals surface area contributed by atoms with Gasteiger partial charge in [-0.3, -0.25) is 4.79 Å².